The van der Waals surface area contributed by atoms with E-state index in [2.05, 4.69) is 15.8 Å². The van der Waals surface area contributed by atoms with Gasteiger partial charge >= 0.3 is 11.8 Å². The molecule has 0 saturated carbocycles. The minimum atomic E-state index is -0.831. The maximum absolute atomic E-state index is 12.0. The first-order chi connectivity index (χ1) is 11.4. The van der Waals surface area contributed by atoms with Crippen LogP contribution in [0.25, 0.3) is 0 Å². The summed E-state index contributed by atoms with van der Waals surface area (Å²) in [7, 11) is 3.07. The number of nitrogens with zero attached hydrogens (tertiary/aromatic N) is 1. The second kappa shape index (κ2) is 7.49. The molecular weight excluding hydrogens is 314 g/mol. The molecule has 1 aromatic heterocycles. The molecule has 1 aromatic carbocycles. The largest absolute Gasteiger partial charge is 0.497 e. The third-order valence-corrected chi connectivity index (χ3v) is 3.33. The van der Waals surface area contributed by atoms with Crippen LogP contribution in [0.2, 0.25) is 0 Å². The lowest BCUT2D eigenvalue weighted by atomic mass is 10.1. The molecule has 0 unspecified atom stereocenters. The van der Waals surface area contributed by atoms with Crippen molar-refractivity contribution in [2.24, 2.45) is 0 Å². The summed E-state index contributed by atoms with van der Waals surface area (Å²) in [6, 6.07) is 6.29. The number of benzene rings is 1. The Morgan fingerprint density at radius 1 is 1.17 bits per heavy atom. The van der Waals surface area contributed by atoms with E-state index in [1.54, 1.807) is 39.2 Å². The number of aromatic nitrogens is 1. The molecule has 2 rings (SSSR count). The molecule has 8 heteroatoms. The molecule has 2 amide bonds. The van der Waals surface area contributed by atoms with Gasteiger partial charge in [-0.05, 0) is 26.0 Å². The van der Waals surface area contributed by atoms with E-state index in [-0.39, 0.29) is 5.82 Å². The van der Waals surface area contributed by atoms with Crippen LogP contribution in [-0.4, -0.2) is 31.2 Å². The smallest absolute Gasteiger partial charge is 0.314 e. The molecule has 0 aliphatic carbocycles. The van der Waals surface area contributed by atoms with Crippen molar-refractivity contribution < 1.29 is 23.6 Å². The van der Waals surface area contributed by atoms with Crippen molar-refractivity contribution in [3.63, 3.8) is 0 Å². The van der Waals surface area contributed by atoms with Gasteiger partial charge in [0.05, 0.1) is 20.3 Å². The second-order valence-corrected chi connectivity index (χ2v) is 5.08. The monoisotopic (exact) mass is 333 g/mol. The van der Waals surface area contributed by atoms with Gasteiger partial charge in [-0.15, -0.1) is 0 Å². The lowest BCUT2D eigenvalue weighted by Gasteiger charge is -2.17. The molecule has 1 heterocycles. The Morgan fingerprint density at radius 3 is 2.50 bits per heavy atom. The predicted octanol–water partition coefficient (Wildman–Crippen LogP) is 1.82. The van der Waals surface area contributed by atoms with Crippen LogP contribution in [-0.2, 0) is 9.59 Å². The molecule has 8 nitrogen and oxygen atoms in total. The first kappa shape index (κ1) is 17.3. The van der Waals surface area contributed by atoms with Crippen LogP contribution in [0.3, 0.4) is 0 Å². The number of carbonyl (C=O) groups excluding carboxylic acids is 2. The summed E-state index contributed by atoms with van der Waals surface area (Å²) in [6.07, 6.45) is 0. The van der Waals surface area contributed by atoms with E-state index < -0.39 is 17.9 Å². The Hall–Kier alpha value is -3.03. The SMILES string of the molecule is COc1ccc([C@@H](C)NC(=O)C(=O)Nc2cc(C)on2)c(OC)c1. The summed E-state index contributed by atoms with van der Waals surface area (Å²) in [4.78, 5) is 23.9. The van der Waals surface area contributed by atoms with Crippen LogP contribution in [0.5, 0.6) is 11.5 Å². The van der Waals surface area contributed by atoms with E-state index in [0.717, 1.165) is 5.56 Å². The normalized spacial score (nSPS) is 11.5. The van der Waals surface area contributed by atoms with Crippen molar-refractivity contribution in [2.45, 2.75) is 19.9 Å². The van der Waals surface area contributed by atoms with E-state index in [1.807, 2.05) is 0 Å². The topological polar surface area (TPSA) is 103 Å². The average Bonchev–Trinajstić information content (AvgIpc) is 2.98. The number of methoxy groups -OCH3 is 2. The van der Waals surface area contributed by atoms with Gasteiger partial charge in [0, 0.05) is 17.7 Å². The number of ether oxygens (including phenoxy) is 2. The first-order valence-corrected chi connectivity index (χ1v) is 7.21. The average molecular weight is 333 g/mol. The Kier molecular flexibility index (Phi) is 5.41. The highest BCUT2D eigenvalue weighted by molar-refractivity contribution is 6.39. The van der Waals surface area contributed by atoms with Crippen molar-refractivity contribution in [3.8, 4) is 11.5 Å². The van der Waals surface area contributed by atoms with Crippen molar-refractivity contribution in [1.29, 1.82) is 0 Å². The van der Waals surface area contributed by atoms with Crippen LogP contribution in [0.4, 0.5) is 5.82 Å². The van der Waals surface area contributed by atoms with Crippen molar-refractivity contribution in [2.75, 3.05) is 19.5 Å². The molecule has 2 aromatic rings. The molecule has 0 fully saturated rings. The molecule has 0 aliphatic heterocycles. The van der Waals surface area contributed by atoms with E-state index >= 15 is 0 Å². The highest BCUT2D eigenvalue weighted by Crippen LogP contribution is 2.29. The molecule has 2 N–H and O–H groups in total. The number of hydrogen-bond donors (Lipinski definition) is 2. The van der Waals surface area contributed by atoms with Crippen LogP contribution in [0, 0.1) is 6.92 Å². The van der Waals surface area contributed by atoms with Gasteiger partial charge in [0.1, 0.15) is 17.3 Å². The van der Waals surface area contributed by atoms with Gasteiger partial charge in [-0.1, -0.05) is 5.16 Å². The maximum Gasteiger partial charge on any atom is 0.314 e. The van der Waals surface area contributed by atoms with Crippen LogP contribution in [0.1, 0.15) is 24.3 Å². The second-order valence-electron chi connectivity index (χ2n) is 5.08. The number of carbonyl (C=O) groups is 2. The number of amides is 2. The lowest BCUT2D eigenvalue weighted by Crippen LogP contribution is -2.37. The number of rotatable bonds is 5. The maximum atomic E-state index is 12.0. The molecule has 128 valence electrons. The minimum absolute atomic E-state index is 0.183. The fraction of sp³-hybridized carbons (Fsp3) is 0.312. The summed E-state index contributed by atoms with van der Waals surface area (Å²) in [5.74, 6) is 0.274. The zero-order valence-corrected chi connectivity index (χ0v) is 13.9. The molecule has 0 aliphatic rings. The van der Waals surface area contributed by atoms with E-state index in [4.69, 9.17) is 14.0 Å². The number of hydrogen-bond acceptors (Lipinski definition) is 6. The third-order valence-electron chi connectivity index (χ3n) is 3.33. The van der Waals surface area contributed by atoms with Gasteiger partial charge < -0.3 is 19.3 Å². The standard InChI is InChI=1S/C16H19N3O5/c1-9-7-14(19-24-9)18-16(21)15(20)17-10(2)12-6-5-11(22-3)8-13(12)23-4/h5-8,10H,1-4H3,(H,17,20)(H,18,19,21)/t10-/m1/s1. The molecule has 0 spiro atoms. The van der Waals surface area contributed by atoms with Gasteiger partial charge in [0.15, 0.2) is 5.82 Å². The van der Waals surface area contributed by atoms with Gasteiger partial charge in [0.2, 0.25) is 0 Å². The Morgan fingerprint density at radius 2 is 1.92 bits per heavy atom. The zero-order valence-electron chi connectivity index (χ0n) is 13.9. The summed E-state index contributed by atoms with van der Waals surface area (Å²) in [5, 5.41) is 8.57. The van der Waals surface area contributed by atoms with E-state index in [9.17, 15) is 9.59 Å². The van der Waals surface area contributed by atoms with Gasteiger partial charge in [-0.2, -0.15) is 0 Å². The Bertz CT molecular complexity index is 741. The van der Waals surface area contributed by atoms with E-state index in [1.165, 1.54) is 13.2 Å². The van der Waals surface area contributed by atoms with Crippen LogP contribution >= 0.6 is 0 Å². The van der Waals surface area contributed by atoms with Crippen molar-refractivity contribution >= 4 is 17.6 Å². The van der Waals surface area contributed by atoms with Crippen molar-refractivity contribution in [1.82, 2.24) is 10.5 Å². The number of aryl methyl sites for hydroxylation is 1. The predicted molar refractivity (Wildman–Crippen MR) is 86.0 cm³/mol. The molecular formula is C16H19N3O5. The van der Waals surface area contributed by atoms with Gasteiger partial charge in [0.25, 0.3) is 0 Å². The van der Waals surface area contributed by atoms with Crippen LogP contribution in [0.15, 0.2) is 28.8 Å². The lowest BCUT2D eigenvalue weighted by molar-refractivity contribution is -0.136. The summed E-state index contributed by atoms with van der Waals surface area (Å²) < 4.78 is 15.2. The highest BCUT2D eigenvalue weighted by Gasteiger charge is 2.20. The van der Waals surface area contributed by atoms with Crippen LogP contribution < -0.4 is 20.1 Å². The summed E-state index contributed by atoms with van der Waals surface area (Å²) in [5.41, 5.74) is 0.719. The van der Waals surface area contributed by atoms with Crippen molar-refractivity contribution in [3.05, 3.63) is 35.6 Å². The number of nitrogens with one attached hydrogen (secondary N) is 2. The minimum Gasteiger partial charge on any atom is -0.497 e. The molecule has 24 heavy (non-hydrogen) atoms. The summed E-state index contributed by atoms with van der Waals surface area (Å²) >= 11 is 0. The first-order valence-electron chi connectivity index (χ1n) is 7.21. The van der Waals surface area contributed by atoms with Gasteiger partial charge in [-0.3, -0.25) is 14.9 Å². The Labute approximate surface area is 139 Å². The van der Waals surface area contributed by atoms with E-state index in [0.29, 0.717) is 17.3 Å². The summed E-state index contributed by atoms with van der Waals surface area (Å²) in [6.45, 7) is 3.43. The fourth-order valence-electron chi connectivity index (χ4n) is 2.11. The molecule has 0 bridgehead atoms. The highest BCUT2D eigenvalue weighted by atomic mass is 16.5. The Balaban J connectivity index is 2.04. The zero-order chi connectivity index (χ0) is 17.7. The van der Waals surface area contributed by atoms with Gasteiger partial charge in [-0.25, -0.2) is 0 Å². The number of anilines is 1. The fourth-order valence-corrected chi connectivity index (χ4v) is 2.11. The molecule has 0 radical (unpaired) electrons. The molecule has 1 atom stereocenters. The third kappa shape index (κ3) is 4.03. The molecule has 0 saturated heterocycles. The quantitative estimate of drug-likeness (QED) is 0.809.